The molecule has 130 valence electrons. The Hall–Kier alpha value is -1.77. The molecule has 1 nitrogen and oxygen atoms in total. The Kier molecular flexibility index (Phi) is 7.53. The summed E-state index contributed by atoms with van der Waals surface area (Å²) in [4.78, 5) is 2.04. The van der Waals surface area contributed by atoms with Crippen LogP contribution in [0.5, 0.6) is 0 Å². The van der Waals surface area contributed by atoms with E-state index in [1.54, 1.807) is 0 Å². The number of allylic oxidation sites excluding steroid dienone is 4. The fraction of sp³-hybridized carbons (Fsp3) is 0.429. The van der Waals surface area contributed by atoms with Gasteiger partial charge >= 0.3 is 0 Å². The Balaban J connectivity index is 3.60. The second kappa shape index (κ2) is 8.91. The minimum absolute atomic E-state index is 0.209. The maximum absolute atomic E-state index is 14.4. The van der Waals surface area contributed by atoms with Gasteiger partial charge in [0.15, 0.2) is 7.28 Å². The van der Waals surface area contributed by atoms with E-state index in [0.29, 0.717) is 12.3 Å². The zero-order valence-electron chi connectivity index (χ0n) is 16.2. The first-order valence-corrected chi connectivity index (χ1v) is 8.78. The molecule has 0 amide bonds. The molecule has 0 aliphatic heterocycles. The zero-order valence-corrected chi connectivity index (χ0v) is 16.2. The number of benzene rings is 1. The number of likely N-dealkylation sites (N-methyl/N-ethyl adjacent to an activating group) is 1. The van der Waals surface area contributed by atoms with E-state index in [-0.39, 0.29) is 5.83 Å². The molecule has 1 rings (SSSR count). The molecule has 1 aromatic rings. The summed E-state index contributed by atoms with van der Waals surface area (Å²) in [5.41, 5.74) is 6.58. The van der Waals surface area contributed by atoms with E-state index in [1.165, 1.54) is 22.7 Å². The SMILES string of the molecule is C=C/C(F)=C(/CC)c1c(BC)cc(CC(=C)N(C)C)cc1C(C)C. The maximum atomic E-state index is 14.4. The van der Waals surface area contributed by atoms with Crippen molar-refractivity contribution in [2.75, 3.05) is 14.1 Å². The molecule has 0 aromatic heterocycles. The van der Waals surface area contributed by atoms with Gasteiger partial charge in [-0.1, -0.05) is 58.3 Å². The van der Waals surface area contributed by atoms with Crippen LogP contribution >= 0.6 is 0 Å². The van der Waals surface area contributed by atoms with Gasteiger partial charge < -0.3 is 4.90 Å². The highest BCUT2D eigenvalue weighted by Crippen LogP contribution is 2.31. The molecule has 1 aromatic carbocycles. The molecule has 24 heavy (non-hydrogen) atoms. The molecular weight excluding hydrogens is 296 g/mol. The van der Waals surface area contributed by atoms with Crippen molar-refractivity contribution in [1.82, 2.24) is 4.90 Å². The van der Waals surface area contributed by atoms with Gasteiger partial charge in [-0.3, -0.25) is 0 Å². The minimum Gasteiger partial charge on any atom is -0.381 e. The highest BCUT2D eigenvalue weighted by Gasteiger charge is 2.18. The summed E-state index contributed by atoms with van der Waals surface area (Å²) in [6, 6.07) is 4.43. The van der Waals surface area contributed by atoms with Crippen molar-refractivity contribution >= 4 is 18.3 Å². The molecule has 0 bridgehead atoms. The van der Waals surface area contributed by atoms with E-state index < -0.39 is 0 Å². The van der Waals surface area contributed by atoms with Crippen molar-refractivity contribution in [3.8, 4) is 0 Å². The van der Waals surface area contributed by atoms with Gasteiger partial charge in [0.2, 0.25) is 0 Å². The van der Waals surface area contributed by atoms with E-state index >= 15 is 0 Å². The molecular formula is C21H31BFN. The van der Waals surface area contributed by atoms with E-state index in [9.17, 15) is 4.39 Å². The number of nitrogens with zero attached hydrogens (tertiary/aromatic N) is 1. The van der Waals surface area contributed by atoms with Crippen molar-refractivity contribution in [3.63, 3.8) is 0 Å². The summed E-state index contributed by atoms with van der Waals surface area (Å²) >= 11 is 0. The number of hydrogen-bond donors (Lipinski definition) is 0. The summed E-state index contributed by atoms with van der Waals surface area (Å²) in [7, 11) is 4.90. The van der Waals surface area contributed by atoms with Gasteiger partial charge in [-0.2, -0.15) is 0 Å². The summed E-state index contributed by atoms with van der Waals surface area (Å²) in [5.74, 6) is 0.122. The van der Waals surface area contributed by atoms with Crippen LogP contribution in [0, 0.1) is 0 Å². The molecule has 0 radical (unpaired) electrons. The average molecular weight is 327 g/mol. The first-order valence-electron chi connectivity index (χ1n) is 8.78. The van der Waals surface area contributed by atoms with Gasteiger partial charge in [0.1, 0.15) is 5.83 Å². The normalized spacial score (nSPS) is 12.0. The van der Waals surface area contributed by atoms with Crippen molar-refractivity contribution < 1.29 is 4.39 Å². The van der Waals surface area contributed by atoms with Crippen LogP contribution in [0.25, 0.3) is 5.57 Å². The lowest BCUT2D eigenvalue weighted by Gasteiger charge is -2.22. The van der Waals surface area contributed by atoms with Gasteiger partial charge in [-0.15, -0.1) is 0 Å². The molecule has 0 atom stereocenters. The van der Waals surface area contributed by atoms with Gasteiger partial charge in [0.05, 0.1) is 0 Å². The fourth-order valence-corrected chi connectivity index (χ4v) is 2.98. The molecule has 0 heterocycles. The Morgan fingerprint density at radius 3 is 2.38 bits per heavy atom. The standard InChI is InChI=1S/C21H31BFN/c1-9-17(20(23)10-2)21-18(14(3)4)12-16(13-19(21)22-6)11-15(5)24(7)8/h10,12-14,22H,2,5,9,11H2,1,3-4,6-8H3/b20-17+. The maximum Gasteiger partial charge on any atom is 0.155 e. The molecule has 0 N–H and O–H groups in total. The van der Waals surface area contributed by atoms with Crippen LogP contribution in [-0.4, -0.2) is 26.3 Å². The zero-order chi connectivity index (χ0) is 18.4. The van der Waals surface area contributed by atoms with E-state index in [1.807, 2.05) is 25.9 Å². The first kappa shape index (κ1) is 20.3. The second-order valence-electron chi connectivity index (χ2n) is 6.75. The van der Waals surface area contributed by atoms with E-state index in [0.717, 1.165) is 30.5 Å². The van der Waals surface area contributed by atoms with Crippen molar-refractivity contribution in [3.05, 3.63) is 59.6 Å². The smallest absolute Gasteiger partial charge is 0.155 e. The largest absolute Gasteiger partial charge is 0.381 e. The number of hydrogen-bond acceptors (Lipinski definition) is 1. The monoisotopic (exact) mass is 327 g/mol. The third kappa shape index (κ3) is 4.62. The number of halogens is 1. The van der Waals surface area contributed by atoms with Crippen LogP contribution in [0.4, 0.5) is 4.39 Å². The molecule has 0 unspecified atom stereocenters. The Morgan fingerprint density at radius 2 is 1.96 bits per heavy atom. The molecule has 0 saturated heterocycles. The van der Waals surface area contributed by atoms with Gasteiger partial charge in [0, 0.05) is 26.2 Å². The lowest BCUT2D eigenvalue weighted by molar-refractivity contribution is 0.501. The summed E-state index contributed by atoms with van der Waals surface area (Å²) in [6.07, 6.45) is 2.80. The fourth-order valence-electron chi connectivity index (χ4n) is 2.98. The lowest BCUT2D eigenvalue weighted by Crippen LogP contribution is -2.22. The van der Waals surface area contributed by atoms with Crippen LogP contribution in [0.1, 0.15) is 49.8 Å². The van der Waals surface area contributed by atoms with Crippen LogP contribution in [0.15, 0.2) is 42.9 Å². The third-order valence-electron chi connectivity index (χ3n) is 4.48. The van der Waals surface area contributed by atoms with Crippen LogP contribution < -0.4 is 5.46 Å². The quantitative estimate of drug-likeness (QED) is 0.489. The Labute approximate surface area is 148 Å². The highest BCUT2D eigenvalue weighted by molar-refractivity contribution is 6.53. The second-order valence-corrected chi connectivity index (χ2v) is 6.75. The van der Waals surface area contributed by atoms with Crippen molar-refractivity contribution in [1.29, 1.82) is 0 Å². The molecule has 3 heteroatoms. The lowest BCUT2D eigenvalue weighted by atomic mass is 9.66. The minimum atomic E-state index is -0.209. The average Bonchev–Trinajstić information content (AvgIpc) is 2.55. The topological polar surface area (TPSA) is 3.24 Å². The van der Waals surface area contributed by atoms with Crippen molar-refractivity contribution in [2.45, 2.75) is 46.4 Å². The van der Waals surface area contributed by atoms with Gasteiger partial charge in [-0.25, -0.2) is 4.39 Å². The molecule has 0 saturated carbocycles. The Bertz CT molecular complexity index is 641. The summed E-state index contributed by atoms with van der Waals surface area (Å²) in [6.45, 7) is 16.2. The molecule has 0 aliphatic carbocycles. The predicted octanol–water partition coefficient (Wildman–Crippen LogP) is 4.81. The van der Waals surface area contributed by atoms with Crippen LogP contribution in [0.2, 0.25) is 6.82 Å². The molecule has 0 aliphatic rings. The predicted molar refractivity (Wildman–Crippen MR) is 108 cm³/mol. The molecule has 0 fully saturated rings. The van der Waals surface area contributed by atoms with Crippen LogP contribution in [-0.2, 0) is 6.42 Å². The molecule has 0 spiro atoms. The highest BCUT2D eigenvalue weighted by atomic mass is 19.1. The summed E-state index contributed by atoms with van der Waals surface area (Å²) < 4.78 is 14.4. The third-order valence-corrected chi connectivity index (χ3v) is 4.48. The van der Waals surface area contributed by atoms with E-state index in [4.69, 9.17) is 0 Å². The van der Waals surface area contributed by atoms with Gasteiger partial charge in [-0.05, 0) is 40.7 Å². The number of rotatable bonds is 8. The van der Waals surface area contributed by atoms with Crippen LogP contribution in [0.3, 0.4) is 0 Å². The van der Waals surface area contributed by atoms with E-state index in [2.05, 4.69) is 46.0 Å². The summed E-state index contributed by atoms with van der Waals surface area (Å²) in [5, 5.41) is 0. The van der Waals surface area contributed by atoms with Gasteiger partial charge in [0.25, 0.3) is 0 Å². The Morgan fingerprint density at radius 1 is 1.33 bits per heavy atom. The van der Waals surface area contributed by atoms with Crippen molar-refractivity contribution in [2.24, 2.45) is 0 Å². The first-order chi connectivity index (χ1) is 11.3.